The number of aliphatic imine (C=N–C) groups is 1. The van der Waals surface area contributed by atoms with Crippen molar-refractivity contribution < 1.29 is 4.74 Å². The van der Waals surface area contributed by atoms with Gasteiger partial charge in [-0.05, 0) is 24.6 Å². The van der Waals surface area contributed by atoms with Crippen LogP contribution in [0.5, 0.6) is 0 Å². The molecule has 1 saturated heterocycles. The highest BCUT2D eigenvalue weighted by atomic mass is 16.5. The molecule has 0 saturated carbocycles. The Labute approximate surface area is 181 Å². The van der Waals surface area contributed by atoms with Crippen LogP contribution in [0.15, 0.2) is 65.8 Å². The molecule has 1 aliphatic heterocycles. The van der Waals surface area contributed by atoms with Crippen LogP contribution in [0.4, 0.5) is 5.82 Å². The molecule has 5 rings (SSSR count). The minimum atomic E-state index is 0.506. The summed E-state index contributed by atoms with van der Waals surface area (Å²) in [6, 6.07) is 18.2. The number of pyridine rings is 1. The van der Waals surface area contributed by atoms with Gasteiger partial charge in [0.05, 0.1) is 31.1 Å². The molecule has 0 spiro atoms. The third kappa shape index (κ3) is 4.32. The Balaban J connectivity index is 1.50. The second kappa shape index (κ2) is 8.65. The normalized spacial score (nSPS) is 14.5. The zero-order valence-corrected chi connectivity index (χ0v) is 17.5. The highest BCUT2D eigenvalue weighted by Crippen LogP contribution is 2.23. The number of hydrogen-bond donors (Lipinski definition) is 0. The van der Waals surface area contributed by atoms with Gasteiger partial charge in [-0.3, -0.25) is 9.98 Å². The van der Waals surface area contributed by atoms with Crippen LogP contribution in [0, 0.1) is 6.92 Å². The van der Waals surface area contributed by atoms with Crippen molar-refractivity contribution in [3.05, 3.63) is 77.6 Å². The van der Waals surface area contributed by atoms with Crippen molar-refractivity contribution in [1.82, 2.24) is 19.6 Å². The lowest BCUT2D eigenvalue weighted by atomic mass is 10.1. The molecule has 0 bridgehead atoms. The van der Waals surface area contributed by atoms with Gasteiger partial charge in [-0.15, -0.1) is 0 Å². The lowest BCUT2D eigenvalue weighted by Gasteiger charge is -2.29. The van der Waals surface area contributed by atoms with Crippen LogP contribution >= 0.6 is 0 Å². The summed E-state index contributed by atoms with van der Waals surface area (Å²) in [6.07, 6.45) is 3.68. The van der Waals surface area contributed by atoms with Crippen LogP contribution in [-0.4, -0.2) is 52.1 Å². The van der Waals surface area contributed by atoms with E-state index < -0.39 is 0 Å². The molecule has 1 aromatic carbocycles. The molecular weight excluding hydrogens is 388 g/mol. The average molecular weight is 412 g/mol. The maximum atomic E-state index is 5.54. The van der Waals surface area contributed by atoms with Crippen LogP contribution < -0.4 is 4.90 Å². The zero-order chi connectivity index (χ0) is 21.0. The monoisotopic (exact) mass is 412 g/mol. The molecule has 7 heteroatoms. The molecule has 0 amide bonds. The van der Waals surface area contributed by atoms with Crippen LogP contribution in [0.1, 0.15) is 16.8 Å². The van der Waals surface area contributed by atoms with Crippen molar-refractivity contribution in [1.29, 1.82) is 0 Å². The summed E-state index contributed by atoms with van der Waals surface area (Å²) in [6.45, 7) is 5.65. The van der Waals surface area contributed by atoms with Gasteiger partial charge in [-0.1, -0.05) is 35.9 Å². The maximum absolute atomic E-state index is 5.54. The Bertz CT molecular complexity index is 1210. The summed E-state index contributed by atoms with van der Waals surface area (Å²) < 4.78 is 7.45. The van der Waals surface area contributed by atoms with Crippen LogP contribution in [0.3, 0.4) is 0 Å². The molecule has 4 heterocycles. The Morgan fingerprint density at radius 3 is 2.74 bits per heavy atom. The first-order valence-corrected chi connectivity index (χ1v) is 10.5. The van der Waals surface area contributed by atoms with Gasteiger partial charge in [0.25, 0.3) is 0 Å². The molecular formula is C24H24N6O. The molecule has 7 nitrogen and oxygen atoms in total. The smallest absolute Gasteiger partial charge is 0.158 e. The summed E-state index contributed by atoms with van der Waals surface area (Å²) in [5, 5.41) is 4.81. The molecule has 0 radical (unpaired) electrons. The Morgan fingerprint density at radius 1 is 1.03 bits per heavy atom. The van der Waals surface area contributed by atoms with E-state index in [2.05, 4.69) is 46.1 Å². The third-order valence-electron chi connectivity index (χ3n) is 5.26. The van der Waals surface area contributed by atoms with Gasteiger partial charge in [0.15, 0.2) is 5.65 Å². The summed E-state index contributed by atoms with van der Waals surface area (Å²) in [4.78, 5) is 16.2. The number of hydrogen-bond acceptors (Lipinski definition) is 6. The number of aryl methyl sites for hydroxylation is 1. The quantitative estimate of drug-likeness (QED) is 0.469. The van der Waals surface area contributed by atoms with E-state index in [9.17, 15) is 0 Å². The molecule has 1 fully saturated rings. The van der Waals surface area contributed by atoms with Gasteiger partial charge in [0.2, 0.25) is 0 Å². The number of fused-ring (bicyclic) bond motifs is 1. The topological polar surface area (TPSA) is 67.9 Å². The molecule has 156 valence electrons. The predicted octanol–water partition coefficient (Wildman–Crippen LogP) is 3.56. The van der Waals surface area contributed by atoms with E-state index in [4.69, 9.17) is 14.8 Å². The molecule has 31 heavy (non-hydrogen) atoms. The fourth-order valence-electron chi connectivity index (χ4n) is 3.74. The number of anilines is 1. The molecule has 0 atom stereocenters. The van der Waals surface area contributed by atoms with Gasteiger partial charge in [-0.2, -0.15) is 9.61 Å². The van der Waals surface area contributed by atoms with E-state index in [0.29, 0.717) is 19.8 Å². The van der Waals surface area contributed by atoms with Crippen molar-refractivity contribution >= 4 is 17.7 Å². The largest absolute Gasteiger partial charge is 0.378 e. The van der Waals surface area contributed by atoms with E-state index in [-0.39, 0.29) is 0 Å². The number of ether oxygens (including phenoxy) is 1. The summed E-state index contributed by atoms with van der Waals surface area (Å²) in [5.41, 5.74) is 5.66. The molecule has 1 aliphatic rings. The van der Waals surface area contributed by atoms with E-state index in [1.54, 1.807) is 6.20 Å². The van der Waals surface area contributed by atoms with Gasteiger partial charge in [0, 0.05) is 37.6 Å². The lowest BCUT2D eigenvalue weighted by molar-refractivity contribution is 0.122. The Kier molecular flexibility index (Phi) is 5.41. The van der Waals surface area contributed by atoms with Crippen LogP contribution in [0.25, 0.3) is 17.0 Å². The molecule has 3 aromatic heterocycles. The van der Waals surface area contributed by atoms with Crippen molar-refractivity contribution in [2.45, 2.75) is 13.5 Å². The van der Waals surface area contributed by atoms with E-state index in [1.165, 1.54) is 5.56 Å². The van der Waals surface area contributed by atoms with Crippen molar-refractivity contribution in [3.63, 3.8) is 0 Å². The summed E-state index contributed by atoms with van der Waals surface area (Å²) >= 11 is 0. The first kappa shape index (κ1) is 19.4. The lowest BCUT2D eigenvalue weighted by Crippen LogP contribution is -2.37. The number of rotatable bonds is 5. The maximum Gasteiger partial charge on any atom is 0.158 e. The van der Waals surface area contributed by atoms with E-state index in [0.717, 1.165) is 47.2 Å². The van der Waals surface area contributed by atoms with E-state index >= 15 is 0 Å². The average Bonchev–Trinajstić information content (AvgIpc) is 3.24. The van der Waals surface area contributed by atoms with Crippen LogP contribution in [-0.2, 0) is 11.3 Å². The summed E-state index contributed by atoms with van der Waals surface area (Å²) in [5.74, 6) is 1.01. The van der Waals surface area contributed by atoms with Crippen molar-refractivity contribution in [2.24, 2.45) is 4.99 Å². The molecule has 0 aliphatic carbocycles. The predicted molar refractivity (Wildman–Crippen MR) is 122 cm³/mol. The highest BCUT2D eigenvalue weighted by Gasteiger charge is 2.18. The van der Waals surface area contributed by atoms with Gasteiger partial charge >= 0.3 is 0 Å². The number of aromatic nitrogens is 4. The number of nitrogens with zero attached hydrogens (tertiary/aromatic N) is 6. The van der Waals surface area contributed by atoms with Gasteiger partial charge < -0.3 is 9.64 Å². The molecule has 0 N–H and O–H groups in total. The Morgan fingerprint density at radius 2 is 1.94 bits per heavy atom. The third-order valence-corrected chi connectivity index (χ3v) is 5.26. The van der Waals surface area contributed by atoms with Crippen LogP contribution in [0.2, 0.25) is 0 Å². The number of benzene rings is 1. The second-order valence-electron chi connectivity index (χ2n) is 7.60. The Hall–Kier alpha value is -3.58. The summed E-state index contributed by atoms with van der Waals surface area (Å²) in [7, 11) is 0. The minimum Gasteiger partial charge on any atom is -0.378 e. The standard InChI is InChI=1S/C24H24N6O/c1-18-5-4-6-19(13-18)16-25-17-20-14-24(29-9-11-31-12-10-29)30-23(27-20)15-22(28-30)21-7-2-3-8-26-21/h2-8,13-16H,9-12,17H2,1H3. The highest BCUT2D eigenvalue weighted by molar-refractivity contribution is 5.79. The first-order valence-electron chi connectivity index (χ1n) is 10.5. The van der Waals surface area contributed by atoms with E-state index in [1.807, 2.05) is 41.1 Å². The first-order chi connectivity index (χ1) is 15.3. The fourth-order valence-corrected chi connectivity index (χ4v) is 3.74. The van der Waals surface area contributed by atoms with Gasteiger partial charge in [-0.25, -0.2) is 4.98 Å². The van der Waals surface area contributed by atoms with Gasteiger partial charge in [0.1, 0.15) is 11.5 Å². The number of morpholine rings is 1. The minimum absolute atomic E-state index is 0.506. The second-order valence-corrected chi connectivity index (χ2v) is 7.60. The van der Waals surface area contributed by atoms with Crippen molar-refractivity contribution in [3.8, 4) is 11.4 Å². The zero-order valence-electron chi connectivity index (χ0n) is 17.5. The molecule has 4 aromatic rings. The van der Waals surface area contributed by atoms with Crippen molar-refractivity contribution in [2.75, 3.05) is 31.2 Å². The SMILES string of the molecule is Cc1cccc(C=NCc2cc(N3CCOCC3)n3nc(-c4ccccn4)cc3n2)c1. The molecule has 0 unspecified atom stereocenters. The fraction of sp³-hybridized carbons (Fsp3) is 0.250.